The molecule has 1 saturated heterocycles. The van der Waals surface area contributed by atoms with Gasteiger partial charge in [-0.3, -0.25) is 9.78 Å². The highest BCUT2D eigenvalue weighted by molar-refractivity contribution is 5.82. The van der Waals surface area contributed by atoms with Crippen LogP contribution in [0.2, 0.25) is 0 Å². The molecule has 1 aliphatic heterocycles. The summed E-state index contributed by atoms with van der Waals surface area (Å²) in [5.41, 5.74) is 2.34. The predicted molar refractivity (Wildman–Crippen MR) is 93.6 cm³/mol. The molecule has 1 fully saturated rings. The van der Waals surface area contributed by atoms with Gasteiger partial charge in [-0.15, -0.1) is 0 Å². The van der Waals surface area contributed by atoms with Crippen LogP contribution in [0.1, 0.15) is 42.5 Å². The van der Waals surface area contributed by atoms with Gasteiger partial charge in [0.25, 0.3) is 5.91 Å². The molecule has 4 nitrogen and oxygen atoms in total. The molecule has 0 bridgehead atoms. The van der Waals surface area contributed by atoms with Crippen molar-refractivity contribution in [2.24, 2.45) is 0 Å². The first-order chi connectivity index (χ1) is 12.1. The molecule has 3 rings (SSSR count). The molecule has 0 saturated carbocycles. The Bertz CT molecular complexity index is 730. The Kier molecular flexibility index (Phi) is 5.43. The average Bonchev–Trinajstić information content (AvgIpc) is 3.17. The number of nitrogens with zero attached hydrogens (tertiary/aromatic N) is 2. The standard InChI is InChI=1S/C20H23FN2O2/c1-3-23(20(24)18-7-5-11-25-18)19(16-6-4-10-22-13-16)15-8-9-17(21)14(2)12-15/h4,6,8-10,12-13,18-19H,3,5,7,11H2,1-2H3. The lowest BCUT2D eigenvalue weighted by Gasteiger charge is -2.33. The summed E-state index contributed by atoms with van der Waals surface area (Å²) in [7, 11) is 0. The Labute approximate surface area is 147 Å². The van der Waals surface area contributed by atoms with Crippen molar-refractivity contribution in [1.29, 1.82) is 0 Å². The van der Waals surface area contributed by atoms with E-state index in [-0.39, 0.29) is 23.9 Å². The van der Waals surface area contributed by atoms with Crippen LogP contribution in [0.5, 0.6) is 0 Å². The number of pyridine rings is 1. The molecule has 1 aromatic heterocycles. The van der Waals surface area contributed by atoms with Crippen LogP contribution in [0, 0.1) is 12.7 Å². The van der Waals surface area contributed by atoms with Crippen LogP contribution in [-0.2, 0) is 9.53 Å². The van der Waals surface area contributed by atoms with E-state index < -0.39 is 0 Å². The molecular formula is C20H23FN2O2. The average molecular weight is 342 g/mol. The van der Waals surface area contributed by atoms with Gasteiger partial charge in [0.2, 0.25) is 0 Å². The van der Waals surface area contributed by atoms with E-state index in [1.165, 1.54) is 6.07 Å². The lowest BCUT2D eigenvalue weighted by Crippen LogP contribution is -2.41. The van der Waals surface area contributed by atoms with Gasteiger partial charge >= 0.3 is 0 Å². The monoisotopic (exact) mass is 342 g/mol. The van der Waals surface area contributed by atoms with Crippen molar-refractivity contribution in [2.45, 2.75) is 38.8 Å². The number of ether oxygens (including phenoxy) is 1. The molecule has 25 heavy (non-hydrogen) atoms. The molecule has 1 amide bonds. The summed E-state index contributed by atoms with van der Waals surface area (Å²) < 4.78 is 19.3. The van der Waals surface area contributed by atoms with Crippen LogP contribution < -0.4 is 0 Å². The minimum absolute atomic E-state index is 0.0177. The fourth-order valence-corrected chi connectivity index (χ4v) is 3.35. The normalized spacial score (nSPS) is 18.1. The lowest BCUT2D eigenvalue weighted by atomic mass is 9.96. The predicted octanol–water partition coefficient (Wildman–Crippen LogP) is 3.65. The number of hydrogen-bond acceptors (Lipinski definition) is 3. The molecule has 1 aromatic carbocycles. The van der Waals surface area contributed by atoms with Crippen molar-refractivity contribution < 1.29 is 13.9 Å². The minimum atomic E-state index is -0.388. The smallest absolute Gasteiger partial charge is 0.252 e. The Morgan fingerprint density at radius 3 is 2.84 bits per heavy atom. The number of carbonyl (C=O) groups excluding carboxylic acids is 1. The third kappa shape index (κ3) is 3.71. The highest BCUT2D eigenvalue weighted by Gasteiger charge is 2.33. The number of aromatic nitrogens is 1. The van der Waals surface area contributed by atoms with Gasteiger partial charge in [0.1, 0.15) is 11.9 Å². The van der Waals surface area contributed by atoms with Gasteiger partial charge in [-0.2, -0.15) is 0 Å². The van der Waals surface area contributed by atoms with E-state index in [4.69, 9.17) is 4.74 Å². The second-order valence-corrected chi connectivity index (χ2v) is 6.32. The third-order valence-electron chi connectivity index (χ3n) is 4.64. The number of benzene rings is 1. The molecule has 2 atom stereocenters. The first-order valence-electron chi connectivity index (χ1n) is 8.70. The zero-order valence-electron chi connectivity index (χ0n) is 14.6. The quantitative estimate of drug-likeness (QED) is 0.833. The Hall–Kier alpha value is -2.27. The highest BCUT2D eigenvalue weighted by Crippen LogP contribution is 2.31. The molecule has 0 aliphatic carbocycles. The largest absolute Gasteiger partial charge is 0.368 e. The van der Waals surface area contributed by atoms with Gasteiger partial charge in [0.05, 0.1) is 6.04 Å². The minimum Gasteiger partial charge on any atom is -0.368 e. The van der Waals surface area contributed by atoms with E-state index in [2.05, 4.69) is 4.98 Å². The van der Waals surface area contributed by atoms with Gasteiger partial charge in [0.15, 0.2) is 0 Å². The van der Waals surface area contributed by atoms with Gasteiger partial charge in [-0.05, 0) is 55.5 Å². The zero-order valence-corrected chi connectivity index (χ0v) is 14.6. The van der Waals surface area contributed by atoms with Crippen molar-refractivity contribution in [3.63, 3.8) is 0 Å². The summed E-state index contributed by atoms with van der Waals surface area (Å²) in [6, 6.07) is 8.49. The van der Waals surface area contributed by atoms with E-state index in [1.54, 1.807) is 36.4 Å². The second kappa shape index (κ2) is 7.74. The van der Waals surface area contributed by atoms with Crippen LogP contribution in [-0.4, -0.2) is 35.0 Å². The maximum absolute atomic E-state index is 13.7. The Balaban J connectivity index is 2.02. The van der Waals surface area contributed by atoms with Crippen molar-refractivity contribution in [3.8, 4) is 0 Å². The van der Waals surface area contributed by atoms with Crippen LogP contribution in [0.4, 0.5) is 4.39 Å². The Morgan fingerprint density at radius 2 is 2.24 bits per heavy atom. The first kappa shape index (κ1) is 17.5. The SMILES string of the molecule is CCN(C(=O)C1CCCO1)C(c1cccnc1)c1ccc(F)c(C)c1. The number of halogens is 1. The zero-order chi connectivity index (χ0) is 17.8. The van der Waals surface area contributed by atoms with E-state index >= 15 is 0 Å². The van der Waals surface area contributed by atoms with Crippen LogP contribution in [0.3, 0.4) is 0 Å². The van der Waals surface area contributed by atoms with Gasteiger partial charge in [0, 0.05) is 25.5 Å². The van der Waals surface area contributed by atoms with Crippen molar-refractivity contribution >= 4 is 5.91 Å². The van der Waals surface area contributed by atoms with Gasteiger partial charge < -0.3 is 9.64 Å². The molecule has 2 unspecified atom stereocenters. The fourth-order valence-electron chi connectivity index (χ4n) is 3.35. The summed E-state index contributed by atoms with van der Waals surface area (Å²) >= 11 is 0. The molecule has 2 heterocycles. The van der Waals surface area contributed by atoms with Gasteiger partial charge in [-0.25, -0.2) is 4.39 Å². The molecule has 132 valence electrons. The van der Waals surface area contributed by atoms with Gasteiger partial charge in [-0.1, -0.05) is 18.2 Å². The van der Waals surface area contributed by atoms with Crippen LogP contribution in [0.25, 0.3) is 0 Å². The van der Waals surface area contributed by atoms with Crippen molar-refractivity contribution in [1.82, 2.24) is 9.88 Å². The molecule has 1 aliphatic rings. The number of hydrogen-bond donors (Lipinski definition) is 0. The van der Waals surface area contributed by atoms with E-state index in [0.29, 0.717) is 18.7 Å². The maximum Gasteiger partial charge on any atom is 0.252 e. The third-order valence-corrected chi connectivity index (χ3v) is 4.64. The number of carbonyl (C=O) groups is 1. The molecule has 2 aromatic rings. The molecule has 5 heteroatoms. The lowest BCUT2D eigenvalue weighted by molar-refractivity contribution is -0.142. The van der Waals surface area contributed by atoms with Crippen molar-refractivity contribution in [3.05, 3.63) is 65.2 Å². The first-order valence-corrected chi connectivity index (χ1v) is 8.70. The maximum atomic E-state index is 13.7. The number of aryl methyl sites for hydroxylation is 1. The molecule has 0 radical (unpaired) electrons. The van der Waals surface area contributed by atoms with E-state index in [0.717, 1.165) is 24.0 Å². The molecule has 0 spiro atoms. The molecular weight excluding hydrogens is 319 g/mol. The van der Waals surface area contributed by atoms with E-state index in [9.17, 15) is 9.18 Å². The van der Waals surface area contributed by atoms with E-state index in [1.807, 2.05) is 19.1 Å². The summed E-state index contributed by atoms with van der Waals surface area (Å²) in [4.78, 5) is 19.0. The Morgan fingerprint density at radius 1 is 1.40 bits per heavy atom. The molecule has 0 N–H and O–H groups in total. The number of rotatable bonds is 5. The highest BCUT2D eigenvalue weighted by atomic mass is 19.1. The summed E-state index contributed by atoms with van der Waals surface area (Å²) in [5, 5.41) is 0. The van der Waals surface area contributed by atoms with Crippen LogP contribution >= 0.6 is 0 Å². The number of amides is 1. The summed E-state index contributed by atoms with van der Waals surface area (Å²) in [5.74, 6) is -0.266. The summed E-state index contributed by atoms with van der Waals surface area (Å²) in [6.45, 7) is 4.85. The summed E-state index contributed by atoms with van der Waals surface area (Å²) in [6.07, 6.45) is 4.72. The fraction of sp³-hybridized carbons (Fsp3) is 0.400. The van der Waals surface area contributed by atoms with Crippen LogP contribution in [0.15, 0.2) is 42.7 Å². The topological polar surface area (TPSA) is 42.4 Å². The van der Waals surface area contributed by atoms with Crippen molar-refractivity contribution in [2.75, 3.05) is 13.2 Å². The number of likely N-dealkylation sites (N-methyl/N-ethyl adjacent to an activating group) is 1. The second-order valence-electron chi connectivity index (χ2n) is 6.32.